The molecule has 0 saturated heterocycles. The van der Waals surface area contributed by atoms with Crippen molar-refractivity contribution in [2.45, 2.75) is 40.3 Å². The minimum Gasteiger partial charge on any atom is -0.494 e. The van der Waals surface area contributed by atoms with Crippen LogP contribution in [0.2, 0.25) is 0 Å². The molecule has 0 aliphatic heterocycles. The van der Waals surface area contributed by atoms with Crippen LogP contribution in [-0.4, -0.2) is 34.4 Å². The Hall–Kier alpha value is -2.83. The molecule has 7 heteroatoms. The number of carbonyl (C=O) groups is 2. The van der Waals surface area contributed by atoms with E-state index in [0.717, 1.165) is 0 Å². The third kappa shape index (κ3) is 4.82. The summed E-state index contributed by atoms with van der Waals surface area (Å²) < 4.78 is 12.1. The molecule has 1 aromatic heterocycles. The van der Waals surface area contributed by atoms with Gasteiger partial charge in [0.05, 0.1) is 18.4 Å². The summed E-state index contributed by atoms with van der Waals surface area (Å²) in [5.41, 5.74) is 0.872. The summed E-state index contributed by atoms with van der Waals surface area (Å²) >= 11 is 0. The predicted octanol–water partition coefficient (Wildman–Crippen LogP) is 3.12. The van der Waals surface area contributed by atoms with Crippen LogP contribution in [0.4, 0.5) is 5.69 Å². The summed E-state index contributed by atoms with van der Waals surface area (Å²) in [6, 6.07) is 6.77. The molecule has 7 nitrogen and oxygen atoms in total. The zero-order valence-corrected chi connectivity index (χ0v) is 14.9. The summed E-state index contributed by atoms with van der Waals surface area (Å²) in [5.74, 6) is -0.208. The molecule has 0 unspecified atom stereocenters. The maximum atomic E-state index is 12.4. The van der Waals surface area contributed by atoms with Crippen LogP contribution >= 0.6 is 0 Å². The molecular weight excluding hydrogens is 322 g/mol. The highest BCUT2D eigenvalue weighted by molar-refractivity contribution is 6.07. The van der Waals surface area contributed by atoms with Gasteiger partial charge >= 0.3 is 5.97 Å². The zero-order chi connectivity index (χ0) is 18.4. The van der Waals surface area contributed by atoms with Crippen LogP contribution in [-0.2, 0) is 11.3 Å². The summed E-state index contributed by atoms with van der Waals surface area (Å²) in [7, 11) is 0. The van der Waals surface area contributed by atoms with E-state index in [1.165, 1.54) is 0 Å². The van der Waals surface area contributed by atoms with E-state index >= 15 is 0 Å². The van der Waals surface area contributed by atoms with E-state index in [9.17, 15) is 9.59 Å². The minimum atomic E-state index is -0.566. The molecule has 1 amide bonds. The van der Waals surface area contributed by atoms with Crippen molar-refractivity contribution in [2.24, 2.45) is 0 Å². The fourth-order valence-corrected chi connectivity index (χ4v) is 2.16. The fourth-order valence-electron chi connectivity index (χ4n) is 2.16. The molecule has 25 heavy (non-hydrogen) atoms. The van der Waals surface area contributed by atoms with Crippen LogP contribution in [0.15, 0.2) is 30.5 Å². The number of nitrogens with one attached hydrogen (secondary N) is 1. The molecule has 0 radical (unpaired) electrons. The van der Waals surface area contributed by atoms with Crippen LogP contribution in [0.25, 0.3) is 0 Å². The van der Waals surface area contributed by atoms with Gasteiger partial charge in [-0.1, -0.05) is 0 Å². The van der Waals surface area contributed by atoms with Gasteiger partial charge in [-0.3, -0.25) is 9.48 Å². The van der Waals surface area contributed by atoms with E-state index in [4.69, 9.17) is 9.47 Å². The first kappa shape index (κ1) is 18.5. The number of aryl methyl sites for hydroxylation is 1. The largest absolute Gasteiger partial charge is 0.494 e. The van der Waals surface area contributed by atoms with E-state index in [1.54, 1.807) is 49.0 Å². The molecule has 1 heterocycles. The van der Waals surface area contributed by atoms with Crippen molar-refractivity contribution in [2.75, 3.05) is 11.9 Å². The van der Waals surface area contributed by atoms with Gasteiger partial charge in [-0.25, -0.2) is 4.79 Å². The van der Waals surface area contributed by atoms with Crippen molar-refractivity contribution in [3.8, 4) is 5.75 Å². The number of hydrogen-bond donors (Lipinski definition) is 1. The van der Waals surface area contributed by atoms with Crippen LogP contribution in [0, 0.1) is 0 Å². The van der Waals surface area contributed by atoms with Gasteiger partial charge < -0.3 is 14.8 Å². The lowest BCUT2D eigenvalue weighted by Crippen LogP contribution is -2.17. The normalized spacial score (nSPS) is 10.6. The van der Waals surface area contributed by atoms with Crippen molar-refractivity contribution in [3.05, 3.63) is 41.7 Å². The monoisotopic (exact) mass is 345 g/mol. The average molecular weight is 345 g/mol. The van der Waals surface area contributed by atoms with Gasteiger partial charge in [0, 0.05) is 18.3 Å². The first-order valence-corrected chi connectivity index (χ1v) is 8.27. The van der Waals surface area contributed by atoms with Gasteiger partial charge in [0.2, 0.25) is 0 Å². The third-order valence-corrected chi connectivity index (χ3v) is 3.30. The van der Waals surface area contributed by atoms with Gasteiger partial charge in [-0.2, -0.15) is 5.10 Å². The lowest BCUT2D eigenvalue weighted by Gasteiger charge is -2.08. The Balaban J connectivity index is 2.19. The van der Waals surface area contributed by atoms with Crippen molar-refractivity contribution in [3.63, 3.8) is 0 Å². The van der Waals surface area contributed by atoms with Crippen LogP contribution in [0.1, 0.15) is 48.5 Å². The molecular formula is C18H23N3O4. The van der Waals surface area contributed by atoms with E-state index in [0.29, 0.717) is 30.2 Å². The summed E-state index contributed by atoms with van der Waals surface area (Å²) in [6.45, 7) is 8.43. The minimum absolute atomic E-state index is 0.0924. The number of carbonyl (C=O) groups excluding carboxylic acids is 2. The lowest BCUT2D eigenvalue weighted by molar-refractivity contribution is 0.0371. The predicted molar refractivity (Wildman–Crippen MR) is 94.0 cm³/mol. The highest BCUT2D eigenvalue weighted by Gasteiger charge is 2.21. The topological polar surface area (TPSA) is 82.5 Å². The molecule has 0 spiro atoms. The van der Waals surface area contributed by atoms with Crippen molar-refractivity contribution < 1.29 is 19.1 Å². The molecule has 1 N–H and O–H groups in total. The molecule has 0 atom stereocenters. The maximum Gasteiger partial charge on any atom is 0.361 e. The smallest absolute Gasteiger partial charge is 0.361 e. The van der Waals surface area contributed by atoms with Crippen molar-refractivity contribution >= 4 is 17.6 Å². The van der Waals surface area contributed by atoms with Gasteiger partial charge in [-0.15, -0.1) is 0 Å². The lowest BCUT2D eigenvalue weighted by atomic mass is 10.2. The molecule has 1 aromatic carbocycles. The number of amides is 1. The molecule has 0 aliphatic rings. The Morgan fingerprint density at radius 3 is 2.44 bits per heavy atom. The highest BCUT2D eigenvalue weighted by Crippen LogP contribution is 2.18. The SMILES string of the molecule is CCOc1ccc(C(=O)Nc2cn(CC)nc2C(=O)OC(C)C)cc1. The number of rotatable bonds is 7. The van der Waals surface area contributed by atoms with Gasteiger partial charge in [0.1, 0.15) is 5.75 Å². The fraction of sp³-hybridized carbons (Fsp3) is 0.389. The van der Waals surface area contributed by atoms with Gasteiger partial charge in [0.25, 0.3) is 5.91 Å². The molecule has 0 bridgehead atoms. The Morgan fingerprint density at radius 1 is 1.20 bits per heavy atom. The van der Waals surface area contributed by atoms with E-state index in [-0.39, 0.29) is 17.7 Å². The molecule has 2 rings (SSSR count). The number of benzene rings is 1. The molecule has 134 valence electrons. The quantitative estimate of drug-likeness (QED) is 0.780. The Labute approximate surface area is 146 Å². The number of aromatic nitrogens is 2. The van der Waals surface area contributed by atoms with Gasteiger partial charge in [-0.05, 0) is 52.0 Å². The number of anilines is 1. The highest BCUT2D eigenvalue weighted by atomic mass is 16.5. The van der Waals surface area contributed by atoms with Crippen LogP contribution in [0.5, 0.6) is 5.75 Å². The van der Waals surface area contributed by atoms with E-state index < -0.39 is 5.97 Å². The summed E-state index contributed by atoms with van der Waals surface area (Å²) in [4.78, 5) is 24.6. The second kappa shape index (κ2) is 8.32. The van der Waals surface area contributed by atoms with Gasteiger partial charge in [0.15, 0.2) is 5.69 Å². The first-order valence-electron chi connectivity index (χ1n) is 8.27. The van der Waals surface area contributed by atoms with Crippen molar-refractivity contribution in [1.29, 1.82) is 0 Å². The van der Waals surface area contributed by atoms with E-state index in [2.05, 4.69) is 10.4 Å². The summed E-state index contributed by atoms with van der Waals surface area (Å²) in [6.07, 6.45) is 1.34. The number of hydrogen-bond acceptors (Lipinski definition) is 5. The van der Waals surface area contributed by atoms with E-state index in [1.807, 2.05) is 13.8 Å². The third-order valence-electron chi connectivity index (χ3n) is 3.30. The Morgan fingerprint density at radius 2 is 1.88 bits per heavy atom. The molecule has 0 fully saturated rings. The Kier molecular flexibility index (Phi) is 6.16. The second-order valence-electron chi connectivity index (χ2n) is 5.61. The maximum absolute atomic E-state index is 12.4. The van der Waals surface area contributed by atoms with Crippen LogP contribution < -0.4 is 10.1 Å². The number of nitrogens with zero attached hydrogens (tertiary/aromatic N) is 2. The zero-order valence-electron chi connectivity index (χ0n) is 14.9. The first-order chi connectivity index (χ1) is 11.9. The summed E-state index contributed by atoms with van der Waals surface area (Å²) in [5, 5.41) is 6.90. The number of ether oxygens (including phenoxy) is 2. The Bertz CT molecular complexity index is 735. The number of esters is 1. The molecule has 0 saturated carbocycles. The second-order valence-corrected chi connectivity index (χ2v) is 5.61. The van der Waals surface area contributed by atoms with Crippen LogP contribution in [0.3, 0.4) is 0 Å². The standard InChI is InChI=1S/C18H23N3O4/c1-5-21-11-15(16(20-21)18(23)25-12(3)4)19-17(22)13-7-9-14(10-8-13)24-6-2/h7-12H,5-6H2,1-4H3,(H,19,22). The average Bonchev–Trinajstić information content (AvgIpc) is 2.98. The molecule has 0 aliphatic carbocycles. The van der Waals surface area contributed by atoms with Crippen molar-refractivity contribution in [1.82, 2.24) is 9.78 Å². The molecule has 2 aromatic rings.